The van der Waals surface area contributed by atoms with Crippen molar-refractivity contribution in [1.29, 1.82) is 0 Å². The lowest BCUT2D eigenvalue weighted by Gasteiger charge is -2.36. The maximum Gasteiger partial charge on any atom is 0.230 e. The van der Waals surface area contributed by atoms with Crippen molar-refractivity contribution >= 4 is 17.2 Å². The molecule has 0 bridgehead atoms. The number of rotatable bonds is 5. The summed E-state index contributed by atoms with van der Waals surface area (Å²) in [6, 6.07) is 11.9. The number of amides is 1. The molecule has 2 heterocycles. The van der Waals surface area contributed by atoms with E-state index in [1.165, 1.54) is 11.3 Å². The van der Waals surface area contributed by atoms with Crippen LogP contribution in [-0.4, -0.2) is 30.8 Å². The summed E-state index contributed by atoms with van der Waals surface area (Å²) in [6.45, 7) is 3.36. The molecule has 1 fully saturated rings. The predicted octanol–water partition coefficient (Wildman–Crippen LogP) is 2.95. The largest absolute Gasteiger partial charge is 0.386 e. The molecule has 1 atom stereocenters. The van der Waals surface area contributed by atoms with E-state index in [0.717, 1.165) is 16.0 Å². The van der Waals surface area contributed by atoms with Crippen molar-refractivity contribution < 1.29 is 14.6 Å². The second-order valence-electron chi connectivity index (χ2n) is 6.25. The Hall–Kier alpha value is -1.69. The van der Waals surface area contributed by atoms with E-state index < -0.39 is 11.5 Å². The number of ether oxygens (including phenoxy) is 1. The van der Waals surface area contributed by atoms with E-state index in [9.17, 15) is 9.90 Å². The van der Waals surface area contributed by atoms with Crippen LogP contribution < -0.4 is 5.32 Å². The summed E-state index contributed by atoms with van der Waals surface area (Å²) < 4.78 is 5.47. The summed E-state index contributed by atoms with van der Waals surface area (Å²) in [5, 5.41) is 15.3. The number of aliphatic hydroxyl groups excluding tert-OH is 1. The predicted molar refractivity (Wildman–Crippen MR) is 95.2 cm³/mol. The molecular weight excluding hydrogens is 322 g/mol. The van der Waals surface area contributed by atoms with E-state index in [-0.39, 0.29) is 12.5 Å². The molecular formula is C19H23NO3S. The maximum atomic E-state index is 13.0. The van der Waals surface area contributed by atoms with Gasteiger partial charge in [-0.2, -0.15) is 0 Å². The molecule has 1 saturated heterocycles. The molecule has 24 heavy (non-hydrogen) atoms. The molecule has 1 unspecified atom stereocenters. The molecule has 4 nitrogen and oxygen atoms in total. The number of aryl methyl sites for hydroxylation is 1. The van der Waals surface area contributed by atoms with Gasteiger partial charge in [0.2, 0.25) is 5.91 Å². The zero-order valence-corrected chi connectivity index (χ0v) is 14.6. The first-order chi connectivity index (χ1) is 11.6. The number of hydrogen-bond donors (Lipinski definition) is 2. The lowest BCUT2D eigenvalue weighted by molar-refractivity contribution is -0.131. The Morgan fingerprint density at radius 3 is 2.62 bits per heavy atom. The second-order valence-corrected chi connectivity index (χ2v) is 7.20. The molecule has 1 aliphatic rings. The summed E-state index contributed by atoms with van der Waals surface area (Å²) in [7, 11) is 0. The molecule has 0 radical (unpaired) electrons. The number of thiophene rings is 1. The summed E-state index contributed by atoms with van der Waals surface area (Å²) in [4.78, 5) is 13.9. The van der Waals surface area contributed by atoms with Crippen LogP contribution in [0, 0.1) is 6.92 Å². The topological polar surface area (TPSA) is 58.6 Å². The molecule has 5 heteroatoms. The van der Waals surface area contributed by atoms with Gasteiger partial charge in [-0.3, -0.25) is 4.79 Å². The quantitative estimate of drug-likeness (QED) is 0.876. The average Bonchev–Trinajstić information content (AvgIpc) is 3.06. The molecule has 0 aliphatic carbocycles. The first kappa shape index (κ1) is 17.1. The highest BCUT2D eigenvalue weighted by atomic mass is 32.1. The minimum Gasteiger partial charge on any atom is -0.386 e. The van der Waals surface area contributed by atoms with Crippen LogP contribution in [0.2, 0.25) is 0 Å². The van der Waals surface area contributed by atoms with E-state index >= 15 is 0 Å². The van der Waals surface area contributed by atoms with Gasteiger partial charge in [0.05, 0.1) is 5.41 Å². The zero-order valence-electron chi connectivity index (χ0n) is 13.8. The number of hydrogen-bond acceptors (Lipinski definition) is 4. The Morgan fingerprint density at radius 1 is 1.29 bits per heavy atom. The van der Waals surface area contributed by atoms with Crippen LogP contribution in [0.1, 0.15) is 34.9 Å². The van der Waals surface area contributed by atoms with Gasteiger partial charge in [0.15, 0.2) is 0 Å². The molecule has 128 valence electrons. The van der Waals surface area contributed by atoms with Crippen LogP contribution in [0.25, 0.3) is 0 Å². The molecule has 1 aromatic heterocycles. The van der Waals surface area contributed by atoms with Crippen molar-refractivity contribution in [3.63, 3.8) is 0 Å². The lowest BCUT2D eigenvalue weighted by Crippen LogP contribution is -2.48. The van der Waals surface area contributed by atoms with Gasteiger partial charge in [-0.25, -0.2) is 0 Å². The van der Waals surface area contributed by atoms with E-state index in [4.69, 9.17) is 4.74 Å². The molecule has 0 spiro atoms. The van der Waals surface area contributed by atoms with Crippen molar-refractivity contribution in [2.45, 2.75) is 31.3 Å². The highest BCUT2D eigenvalue weighted by molar-refractivity contribution is 7.10. The van der Waals surface area contributed by atoms with E-state index in [0.29, 0.717) is 26.1 Å². The Bertz CT molecular complexity index is 677. The summed E-state index contributed by atoms with van der Waals surface area (Å²) >= 11 is 1.52. The number of carbonyl (C=O) groups excluding carboxylic acids is 1. The summed E-state index contributed by atoms with van der Waals surface area (Å²) in [5.41, 5.74) is 1.52. The van der Waals surface area contributed by atoms with Gasteiger partial charge in [0, 0.05) is 24.6 Å². The van der Waals surface area contributed by atoms with Crippen LogP contribution in [0.5, 0.6) is 0 Å². The van der Waals surface area contributed by atoms with Crippen LogP contribution in [0.4, 0.5) is 0 Å². The normalized spacial score (nSPS) is 18.1. The van der Waals surface area contributed by atoms with Gasteiger partial charge in [-0.15, -0.1) is 11.3 Å². The van der Waals surface area contributed by atoms with Crippen LogP contribution in [0.15, 0.2) is 41.8 Å². The summed E-state index contributed by atoms with van der Waals surface area (Å²) in [5.74, 6) is -0.0229. The van der Waals surface area contributed by atoms with Crippen molar-refractivity contribution in [3.05, 3.63) is 57.8 Å². The van der Waals surface area contributed by atoms with Crippen LogP contribution in [0.3, 0.4) is 0 Å². The van der Waals surface area contributed by atoms with E-state index in [1.54, 1.807) is 0 Å². The number of aliphatic hydroxyl groups is 1. The van der Waals surface area contributed by atoms with Gasteiger partial charge in [0.1, 0.15) is 6.10 Å². The van der Waals surface area contributed by atoms with Crippen molar-refractivity contribution in [2.75, 3.05) is 19.8 Å². The average molecular weight is 345 g/mol. The summed E-state index contributed by atoms with van der Waals surface area (Å²) in [6.07, 6.45) is 0.662. The van der Waals surface area contributed by atoms with Crippen molar-refractivity contribution in [3.8, 4) is 0 Å². The fraction of sp³-hybridized carbons (Fsp3) is 0.421. The van der Waals surface area contributed by atoms with Crippen LogP contribution in [-0.2, 0) is 14.9 Å². The zero-order chi connectivity index (χ0) is 17.0. The molecule has 1 aliphatic heterocycles. The maximum absolute atomic E-state index is 13.0. The minimum absolute atomic E-state index is 0.0229. The minimum atomic E-state index is -0.665. The first-order valence-corrected chi connectivity index (χ1v) is 9.15. The SMILES string of the molecule is Cc1ccsc1C(O)CNC(=O)C1(c2ccccc2)CCOCC1. The highest BCUT2D eigenvalue weighted by Crippen LogP contribution is 2.35. The smallest absolute Gasteiger partial charge is 0.230 e. The van der Waals surface area contributed by atoms with Gasteiger partial charge < -0.3 is 15.2 Å². The fourth-order valence-electron chi connectivity index (χ4n) is 3.30. The van der Waals surface area contributed by atoms with Crippen molar-refractivity contribution in [2.24, 2.45) is 0 Å². The Balaban J connectivity index is 1.74. The Kier molecular flexibility index (Phi) is 5.33. The molecule has 3 rings (SSSR count). The number of benzene rings is 1. The molecule has 2 N–H and O–H groups in total. The fourth-order valence-corrected chi connectivity index (χ4v) is 4.21. The van der Waals surface area contributed by atoms with Crippen molar-refractivity contribution in [1.82, 2.24) is 5.32 Å². The third-order valence-corrected chi connectivity index (χ3v) is 5.89. The van der Waals surface area contributed by atoms with E-state index in [2.05, 4.69) is 5.32 Å². The van der Waals surface area contributed by atoms with Crippen LogP contribution >= 0.6 is 11.3 Å². The van der Waals surface area contributed by atoms with Gasteiger partial charge in [0.25, 0.3) is 0 Å². The Labute approximate surface area is 146 Å². The number of nitrogens with one attached hydrogen (secondary N) is 1. The Morgan fingerprint density at radius 2 is 2.00 bits per heavy atom. The monoisotopic (exact) mass is 345 g/mol. The molecule has 1 aromatic carbocycles. The van der Waals surface area contributed by atoms with Gasteiger partial charge in [-0.05, 0) is 42.3 Å². The first-order valence-electron chi connectivity index (χ1n) is 8.27. The third kappa shape index (κ3) is 3.38. The van der Waals surface area contributed by atoms with Gasteiger partial charge >= 0.3 is 0 Å². The molecule has 1 amide bonds. The molecule has 0 saturated carbocycles. The van der Waals surface area contributed by atoms with Gasteiger partial charge in [-0.1, -0.05) is 30.3 Å². The number of carbonyl (C=O) groups is 1. The molecule has 2 aromatic rings. The highest BCUT2D eigenvalue weighted by Gasteiger charge is 2.41. The lowest BCUT2D eigenvalue weighted by atomic mass is 9.73. The third-order valence-electron chi connectivity index (χ3n) is 4.77. The second kappa shape index (κ2) is 7.47. The standard InChI is InChI=1S/C19H23NO3S/c1-14-7-12-24-17(14)16(21)13-20-18(22)19(8-10-23-11-9-19)15-5-3-2-4-6-15/h2-7,12,16,21H,8-11,13H2,1H3,(H,20,22). The van der Waals surface area contributed by atoms with E-state index in [1.807, 2.05) is 48.7 Å².